The highest BCUT2D eigenvalue weighted by molar-refractivity contribution is 7.99. The third-order valence-electron chi connectivity index (χ3n) is 2.92. The van der Waals surface area contributed by atoms with Crippen LogP contribution in [0.15, 0.2) is 59.5 Å². The highest BCUT2D eigenvalue weighted by Crippen LogP contribution is 2.23. The van der Waals surface area contributed by atoms with E-state index in [-0.39, 0.29) is 12.4 Å². The Bertz CT molecular complexity index is 584. The van der Waals surface area contributed by atoms with E-state index in [2.05, 4.69) is 6.92 Å². The molecule has 2 aromatic rings. The number of hydrogen-bond donors (Lipinski definition) is 0. The van der Waals surface area contributed by atoms with Crippen LogP contribution >= 0.6 is 11.8 Å². The molecule has 4 heteroatoms. The maximum atomic E-state index is 11.9. The van der Waals surface area contributed by atoms with Gasteiger partial charge in [-0.15, -0.1) is 0 Å². The van der Waals surface area contributed by atoms with Gasteiger partial charge in [-0.2, -0.15) is 0 Å². The van der Waals surface area contributed by atoms with E-state index in [0.717, 1.165) is 23.7 Å². The van der Waals surface area contributed by atoms with Crippen molar-refractivity contribution in [3.63, 3.8) is 0 Å². The second kappa shape index (κ2) is 9.28. The second-order valence-electron chi connectivity index (χ2n) is 4.72. The Morgan fingerprint density at radius 1 is 1.09 bits per heavy atom. The fourth-order valence-electron chi connectivity index (χ4n) is 1.83. The zero-order chi connectivity index (χ0) is 15.6. The molecule has 0 amide bonds. The summed E-state index contributed by atoms with van der Waals surface area (Å²) >= 11 is 1.55. The van der Waals surface area contributed by atoms with Gasteiger partial charge in [0.25, 0.3) is 0 Å². The topological polar surface area (TPSA) is 35.5 Å². The lowest BCUT2D eigenvalue weighted by atomic mass is 10.1. The van der Waals surface area contributed by atoms with Gasteiger partial charge >= 0.3 is 0 Å². The van der Waals surface area contributed by atoms with Crippen LogP contribution in [0.5, 0.6) is 5.75 Å². The average Bonchev–Trinajstić information content (AvgIpc) is 2.58. The Morgan fingerprint density at radius 2 is 1.91 bits per heavy atom. The van der Waals surface area contributed by atoms with Crippen molar-refractivity contribution in [2.75, 3.05) is 19.2 Å². The van der Waals surface area contributed by atoms with E-state index in [0.29, 0.717) is 11.5 Å². The van der Waals surface area contributed by atoms with Crippen molar-refractivity contribution in [3.05, 3.63) is 60.2 Å². The van der Waals surface area contributed by atoms with Crippen LogP contribution in [-0.4, -0.2) is 24.9 Å². The van der Waals surface area contributed by atoms with Crippen LogP contribution in [0, 0.1) is 0 Å². The van der Waals surface area contributed by atoms with Crippen LogP contribution in [-0.2, 0) is 4.74 Å². The van der Waals surface area contributed by atoms with Crippen LogP contribution in [0.25, 0.3) is 0 Å². The SMILES string of the molecule is CCCOc1cccc(SCOCC(=O)c2ccccc2)c1. The standard InChI is InChI=1S/C18H20O3S/c1-2-11-21-16-9-6-10-17(12-16)22-14-20-13-18(19)15-7-4-3-5-8-15/h3-10,12H,2,11,13-14H2,1H3. The molecule has 0 heterocycles. The van der Waals surface area contributed by atoms with Crippen molar-refractivity contribution in [2.24, 2.45) is 0 Å². The maximum Gasteiger partial charge on any atom is 0.188 e. The summed E-state index contributed by atoms with van der Waals surface area (Å²) in [6, 6.07) is 17.1. The van der Waals surface area contributed by atoms with Crippen molar-refractivity contribution in [3.8, 4) is 5.75 Å². The molecule has 0 aromatic heterocycles. The summed E-state index contributed by atoms with van der Waals surface area (Å²) in [6.45, 7) is 2.90. The zero-order valence-corrected chi connectivity index (χ0v) is 13.5. The highest BCUT2D eigenvalue weighted by atomic mass is 32.2. The first kappa shape index (κ1) is 16.6. The summed E-state index contributed by atoms with van der Waals surface area (Å²) in [5.74, 6) is 1.31. The van der Waals surface area contributed by atoms with Gasteiger partial charge in [0.15, 0.2) is 5.78 Å². The van der Waals surface area contributed by atoms with Gasteiger partial charge in [0.05, 0.1) is 12.5 Å². The van der Waals surface area contributed by atoms with Crippen molar-refractivity contribution < 1.29 is 14.3 Å². The van der Waals surface area contributed by atoms with E-state index in [1.807, 2.05) is 42.5 Å². The third-order valence-corrected chi connectivity index (χ3v) is 3.79. The number of benzene rings is 2. The Kier molecular flexibility index (Phi) is 7.00. The first-order valence-electron chi connectivity index (χ1n) is 7.31. The number of ketones is 1. The minimum Gasteiger partial charge on any atom is -0.494 e. The molecule has 0 aliphatic carbocycles. The summed E-state index contributed by atoms with van der Waals surface area (Å²) < 4.78 is 11.0. The molecule has 0 bridgehead atoms. The van der Waals surface area contributed by atoms with Gasteiger partial charge in [-0.25, -0.2) is 0 Å². The molecule has 22 heavy (non-hydrogen) atoms. The van der Waals surface area contributed by atoms with Gasteiger partial charge < -0.3 is 9.47 Å². The number of thioether (sulfide) groups is 1. The van der Waals surface area contributed by atoms with Crippen LogP contribution in [0.4, 0.5) is 0 Å². The molecule has 0 unspecified atom stereocenters. The average molecular weight is 316 g/mol. The summed E-state index contributed by atoms with van der Waals surface area (Å²) in [5, 5.41) is 0. The molecule has 0 spiro atoms. The quantitative estimate of drug-likeness (QED) is 0.297. The lowest BCUT2D eigenvalue weighted by molar-refractivity contribution is 0.0831. The van der Waals surface area contributed by atoms with E-state index in [9.17, 15) is 4.79 Å². The van der Waals surface area contributed by atoms with Gasteiger partial charge in [0.1, 0.15) is 12.4 Å². The monoisotopic (exact) mass is 316 g/mol. The van der Waals surface area contributed by atoms with E-state index in [1.165, 1.54) is 0 Å². The van der Waals surface area contributed by atoms with Crippen LogP contribution in [0.2, 0.25) is 0 Å². The molecule has 0 aliphatic heterocycles. The summed E-state index contributed by atoms with van der Waals surface area (Å²) in [6.07, 6.45) is 0.988. The van der Waals surface area contributed by atoms with Crippen LogP contribution < -0.4 is 4.74 Å². The lowest BCUT2D eigenvalue weighted by Gasteiger charge is -2.07. The van der Waals surface area contributed by atoms with Crippen molar-refractivity contribution in [1.29, 1.82) is 0 Å². The smallest absolute Gasteiger partial charge is 0.188 e. The van der Waals surface area contributed by atoms with Crippen molar-refractivity contribution in [2.45, 2.75) is 18.2 Å². The Hall–Kier alpha value is -1.78. The van der Waals surface area contributed by atoms with Gasteiger partial charge in [-0.05, 0) is 24.6 Å². The molecule has 0 aliphatic rings. The fraction of sp³-hybridized carbons (Fsp3) is 0.278. The molecule has 0 saturated carbocycles. The molecule has 2 rings (SSSR count). The predicted octanol–water partition coefficient (Wildman–Crippen LogP) is 4.42. The number of hydrogen-bond acceptors (Lipinski definition) is 4. The molecular weight excluding hydrogens is 296 g/mol. The minimum absolute atomic E-state index is 0.00114. The molecule has 0 atom stereocenters. The number of carbonyl (C=O) groups excluding carboxylic acids is 1. The molecule has 3 nitrogen and oxygen atoms in total. The van der Waals surface area contributed by atoms with Crippen molar-refractivity contribution in [1.82, 2.24) is 0 Å². The number of ether oxygens (including phenoxy) is 2. The first-order valence-corrected chi connectivity index (χ1v) is 8.30. The molecule has 0 radical (unpaired) electrons. The predicted molar refractivity (Wildman–Crippen MR) is 89.7 cm³/mol. The largest absolute Gasteiger partial charge is 0.494 e. The summed E-state index contributed by atoms with van der Waals surface area (Å²) in [4.78, 5) is 12.9. The van der Waals surface area contributed by atoms with E-state index in [1.54, 1.807) is 23.9 Å². The summed E-state index contributed by atoms with van der Waals surface area (Å²) in [7, 11) is 0. The second-order valence-corrected chi connectivity index (χ2v) is 5.72. The van der Waals surface area contributed by atoms with Crippen LogP contribution in [0.3, 0.4) is 0 Å². The normalized spacial score (nSPS) is 10.4. The van der Waals surface area contributed by atoms with E-state index in [4.69, 9.17) is 9.47 Å². The van der Waals surface area contributed by atoms with E-state index < -0.39 is 0 Å². The van der Waals surface area contributed by atoms with Gasteiger partial charge in [-0.1, -0.05) is 55.1 Å². The first-order chi connectivity index (χ1) is 10.8. The zero-order valence-electron chi connectivity index (χ0n) is 12.7. The van der Waals surface area contributed by atoms with Gasteiger partial charge in [-0.3, -0.25) is 4.79 Å². The lowest BCUT2D eigenvalue weighted by Crippen LogP contribution is -2.08. The fourth-order valence-corrected chi connectivity index (χ4v) is 2.50. The summed E-state index contributed by atoms with van der Waals surface area (Å²) in [5.41, 5.74) is 0.683. The molecular formula is C18H20O3S. The molecule has 2 aromatic carbocycles. The molecule has 0 saturated heterocycles. The maximum absolute atomic E-state index is 11.9. The Labute approximate surface area is 135 Å². The van der Waals surface area contributed by atoms with Gasteiger partial charge in [0, 0.05) is 10.5 Å². The molecule has 116 valence electrons. The van der Waals surface area contributed by atoms with Crippen molar-refractivity contribution >= 4 is 17.5 Å². The molecule has 0 N–H and O–H groups in total. The highest BCUT2D eigenvalue weighted by Gasteiger charge is 2.05. The third kappa shape index (κ3) is 5.54. The number of carbonyl (C=O) groups is 1. The van der Waals surface area contributed by atoms with E-state index >= 15 is 0 Å². The Morgan fingerprint density at radius 3 is 2.68 bits per heavy atom. The molecule has 0 fully saturated rings. The van der Waals surface area contributed by atoms with Gasteiger partial charge in [0.2, 0.25) is 0 Å². The van der Waals surface area contributed by atoms with Crippen LogP contribution in [0.1, 0.15) is 23.7 Å². The number of rotatable bonds is 9. The number of Topliss-reactive ketones (excluding diaryl/α,β-unsaturated/α-hetero) is 1. The Balaban J connectivity index is 1.73. The minimum atomic E-state index is 0.00114.